The van der Waals surface area contributed by atoms with Gasteiger partial charge in [0.25, 0.3) is 0 Å². The van der Waals surface area contributed by atoms with Crippen molar-refractivity contribution in [1.29, 1.82) is 0 Å². The van der Waals surface area contributed by atoms with Gasteiger partial charge >= 0.3 is 5.97 Å². The van der Waals surface area contributed by atoms with E-state index in [0.717, 1.165) is 0 Å². The van der Waals surface area contributed by atoms with E-state index >= 15 is 0 Å². The Morgan fingerprint density at radius 1 is 1.41 bits per heavy atom. The first-order valence-corrected chi connectivity index (χ1v) is 5.98. The van der Waals surface area contributed by atoms with Gasteiger partial charge in [0.15, 0.2) is 0 Å². The molecule has 2 aromatic rings. The third kappa shape index (κ3) is 2.31. The molecule has 0 saturated heterocycles. The fourth-order valence-electron chi connectivity index (χ4n) is 1.30. The molecule has 1 heterocycles. The Kier molecular flexibility index (Phi) is 3.42. The SMILES string of the molecule is O=C(O)c1cnn(-c2ccc(Cl)cc2Cl)c1Br. The second-order valence-electron chi connectivity index (χ2n) is 3.16. The predicted octanol–water partition coefficient (Wildman–Crippen LogP) is 3.64. The second kappa shape index (κ2) is 4.68. The van der Waals surface area contributed by atoms with Crippen molar-refractivity contribution in [2.45, 2.75) is 0 Å². The van der Waals surface area contributed by atoms with Crippen molar-refractivity contribution in [1.82, 2.24) is 9.78 Å². The number of aromatic nitrogens is 2. The lowest BCUT2D eigenvalue weighted by molar-refractivity contribution is 0.0696. The summed E-state index contributed by atoms with van der Waals surface area (Å²) in [5.41, 5.74) is 0.617. The molecule has 0 fully saturated rings. The zero-order valence-corrected chi connectivity index (χ0v) is 11.3. The number of hydrogen-bond donors (Lipinski definition) is 1. The maximum atomic E-state index is 10.9. The molecule has 17 heavy (non-hydrogen) atoms. The van der Waals surface area contributed by atoms with Gasteiger partial charge in [0.1, 0.15) is 10.2 Å². The topological polar surface area (TPSA) is 55.1 Å². The molecule has 0 unspecified atom stereocenters. The highest BCUT2D eigenvalue weighted by Crippen LogP contribution is 2.28. The number of nitrogens with zero attached hydrogens (tertiary/aromatic N) is 2. The smallest absolute Gasteiger partial charge is 0.340 e. The van der Waals surface area contributed by atoms with Gasteiger partial charge in [-0.05, 0) is 34.1 Å². The number of carbonyl (C=O) groups is 1. The average molecular weight is 336 g/mol. The number of benzene rings is 1. The molecule has 0 bridgehead atoms. The van der Waals surface area contributed by atoms with Gasteiger partial charge in [-0.15, -0.1) is 0 Å². The van der Waals surface area contributed by atoms with Crippen molar-refractivity contribution in [3.8, 4) is 5.69 Å². The van der Waals surface area contributed by atoms with Crippen molar-refractivity contribution in [2.75, 3.05) is 0 Å². The minimum Gasteiger partial charge on any atom is -0.478 e. The molecule has 0 aliphatic rings. The molecule has 1 N–H and O–H groups in total. The van der Waals surface area contributed by atoms with Crippen LogP contribution in [0, 0.1) is 0 Å². The lowest BCUT2D eigenvalue weighted by Gasteiger charge is -2.06. The Morgan fingerprint density at radius 3 is 2.65 bits per heavy atom. The summed E-state index contributed by atoms with van der Waals surface area (Å²) >= 11 is 15.0. The molecule has 7 heteroatoms. The summed E-state index contributed by atoms with van der Waals surface area (Å²) in [5, 5.41) is 13.7. The van der Waals surface area contributed by atoms with Crippen LogP contribution in [0.5, 0.6) is 0 Å². The van der Waals surface area contributed by atoms with Gasteiger partial charge in [0, 0.05) is 5.02 Å². The highest BCUT2D eigenvalue weighted by Gasteiger charge is 2.16. The molecular weight excluding hydrogens is 331 g/mol. The van der Waals surface area contributed by atoms with Crippen LogP contribution in [0.25, 0.3) is 5.69 Å². The monoisotopic (exact) mass is 334 g/mol. The van der Waals surface area contributed by atoms with E-state index in [1.807, 2.05) is 0 Å². The van der Waals surface area contributed by atoms with Crippen LogP contribution < -0.4 is 0 Å². The van der Waals surface area contributed by atoms with Gasteiger partial charge in [-0.3, -0.25) is 0 Å². The minimum atomic E-state index is -1.06. The second-order valence-corrected chi connectivity index (χ2v) is 4.76. The molecule has 0 aliphatic carbocycles. The molecule has 2 rings (SSSR count). The van der Waals surface area contributed by atoms with Crippen LogP contribution in [0.1, 0.15) is 10.4 Å². The van der Waals surface area contributed by atoms with Crippen molar-refractivity contribution >= 4 is 45.1 Å². The molecule has 0 aliphatic heterocycles. The summed E-state index contributed by atoms with van der Waals surface area (Å²) in [7, 11) is 0. The van der Waals surface area contributed by atoms with Crippen LogP contribution in [0.3, 0.4) is 0 Å². The molecule has 1 aromatic heterocycles. The van der Waals surface area contributed by atoms with E-state index in [2.05, 4.69) is 21.0 Å². The summed E-state index contributed by atoms with van der Waals surface area (Å²) in [6.07, 6.45) is 1.25. The fraction of sp³-hybridized carbons (Fsp3) is 0. The van der Waals surface area contributed by atoms with Crippen LogP contribution in [0.4, 0.5) is 0 Å². The third-order valence-electron chi connectivity index (χ3n) is 2.08. The van der Waals surface area contributed by atoms with Gasteiger partial charge in [0.05, 0.1) is 16.9 Å². The zero-order chi connectivity index (χ0) is 12.6. The highest BCUT2D eigenvalue weighted by atomic mass is 79.9. The summed E-state index contributed by atoms with van der Waals surface area (Å²) in [5.74, 6) is -1.06. The van der Waals surface area contributed by atoms with Crippen molar-refractivity contribution in [3.05, 3.63) is 44.6 Å². The van der Waals surface area contributed by atoms with Crippen molar-refractivity contribution in [2.24, 2.45) is 0 Å². The van der Waals surface area contributed by atoms with Crippen molar-refractivity contribution < 1.29 is 9.90 Å². The molecule has 0 radical (unpaired) electrons. The Morgan fingerprint density at radius 2 is 2.12 bits per heavy atom. The normalized spacial score (nSPS) is 10.5. The van der Waals surface area contributed by atoms with E-state index in [0.29, 0.717) is 20.3 Å². The van der Waals surface area contributed by atoms with Crippen LogP contribution in [0.2, 0.25) is 10.0 Å². The summed E-state index contributed by atoms with van der Waals surface area (Å²) in [6, 6.07) is 4.87. The molecule has 0 atom stereocenters. The number of carboxylic acids is 1. The lowest BCUT2D eigenvalue weighted by Crippen LogP contribution is -2.00. The Balaban J connectivity index is 2.57. The van der Waals surface area contributed by atoms with Gasteiger partial charge in [-0.25, -0.2) is 9.48 Å². The first-order valence-electron chi connectivity index (χ1n) is 4.43. The number of hydrogen-bond acceptors (Lipinski definition) is 2. The number of rotatable bonds is 2. The maximum absolute atomic E-state index is 10.9. The molecule has 0 spiro atoms. The molecule has 1 aromatic carbocycles. The largest absolute Gasteiger partial charge is 0.478 e. The maximum Gasteiger partial charge on any atom is 0.340 e. The fourth-order valence-corrected chi connectivity index (χ4v) is 2.34. The van der Waals surface area contributed by atoms with Gasteiger partial charge in [-0.2, -0.15) is 5.10 Å². The standard InChI is InChI=1S/C10H5BrCl2N2O2/c11-9-6(10(16)17)4-14-15(9)8-2-1-5(12)3-7(8)13/h1-4H,(H,16,17). The van der Waals surface area contributed by atoms with E-state index in [1.165, 1.54) is 10.9 Å². The molecule has 4 nitrogen and oxygen atoms in total. The van der Waals surface area contributed by atoms with Crippen molar-refractivity contribution in [3.63, 3.8) is 0 Å². The Labute approximate surface area is 115 Å². The highest BCUT2D eigenvalue weighted by molar-refractivity contribution is 9.10. The molecular formula is C10H5BrCl2N2O2. The van der Waals surface area contributed by atoms with E-state index in [-0.39, 0.29) is 5.56 Å². The summed E-state index contributed by atoms with van der Waals surface area (Å²) in [6.45, 7) is 0. The predicted molar refractivity (Wildman–Crippen MR) is 68.2 cm³/mol. The average Bonchev–Trinajstić information content (AvgIpc) is 2.60. The van der Waals surface area contributed by atoms with Crippen LogP contribution in [0.15, 0.2) is 29.0 Å². The number of aromatic carboxylic acids is 1. The quantitative estimate of drug-likeness (QED) is 0.911. The Hall–Kier alpha value is -1.04. The third-order valence-corrected chi connectivity index (χ3v) is 3.38. The first-order chi connectivity index (χ1) is 8.00. The van der Waals surface area contributed by atoms with E-state index < -0.39 is 5.97 Å². The van der Waals surface area contributed by atoms with Gasteiger partial charge in [-0.1, -0.05) is 23.2 Å². The van der Waals surface area contributed by atoms with Gasteiger partial charge < -0.3 is 5.11 Å². The lowest BCUT2D eigenvalue weighted by atomic mass is 10.3. The van der Waals surface area contributed by atoms with E-state index in [1.54, 1.807) is 18.2 Å². The number of carboxylic acid groups (broad SMARTS) is 1. The molecule has 0 saturated carbocycles. The van der Waals surface area contributed by atoms with Crippen LogP contribution in [-0.4, -0.2) is 20.9 Å². The first kappa shape index (κ1) is 12.4. The van der Waals surface area contributed by atoms with Crippen LogP contribution >= 0.6 is 39.1 Å². The number of halogens is 3. The Bertz CT molecular complexity index is 598. The van der Waals surface area contributed by atoms with Crippen LogP contribution in [-0.2, 0) is 0 Å². The zero-order valence-electron chi connectivity index (χ0n) is 8.19. The summed E-state index contributed by atoms with van der Waals surface area (Å²) in [4.78, 5) is 10.9. The molecule has 88 valence electrons. The molecule has 0 amide bonds. The van der Waals surface area contributed by atoms with Gasteiger partial charge in [0.2, 0.25) is 0 Å². The summed E-state index contributed by atoms with van der Waals surface area (Å²) < 4.78 is 1.72. The van der Waals surface area contributed by atoms with E-state index in [9.17, 15) is 4.79 Å². The minimum absolute atomic E-state index is 0.0658. The van der Waals surface area contributed by atoms with E-state index in [4.69, 9.17) is 28.3 Å².